The van der Waals surface area contributed by atoms with Crippen LogP contribution in [0, 0.1) is 0 Å². The molecule has 0 saturated heterocycles. The first-order chi connectivity index (χ1) is 7.29. The fraction of sp³-hybridized carbons (Fsp3) is 0.250. The van der Waals surface area contributed by atoms with Gasteiger partial charge in [0.2, 0.25) is 5.82 Å². The predicted molar refractivity (Wildman–Crippen MR) is 58.6 cm³/mol. The molecular formula is C8H6BrClF3N3. The fourth-order valence-corrected chi connectivity index (χ4v) is 1.15. The Balaban J connectivity index is 2.94. The topological polar surface area (TPSA) is 37.8 Å². The lowest BCUT2D eigenvalue weighted by Crippen LogP contribution is -2.13. The molecule has 0 aliphatic carbocycles. The van der Waals surface area contributed by atoms with Gasteiger partial charge in [0.05, 0.1) is 0 Å². The molecule has 1 rings (SSSR count). The van der Waals surface area contributed by atoms with Gasteiger partial charge in [0.15, 0.2) is 0 Å². The molecule has 1 aromatic heterocycles. The van der Waals surface area contributed by atoms with E-state index in [1.165, 1.54) is 6.07 Å². The van der Waals surface area contributed by atoms with Crippen molar-refractivity contribution in [2.24, 2.45) is 0 Å². The lowest BCUT2D eigenvalue weighted by molar-refractivity contribution is -0.144. The van der Waals surface area contributed by atoms with Crippen molar-refractivity contribution >= 4 is 33.3 Å². The molecule has 0 atom stereocenters. The summed E-state index contributed by atoms with van der Waals surface area (Å²) >= 11 is 8.50. The number of hydrogen-bond donors (Lipinski definition) is 1. The third kappa shape index (κ3) is 3.97. The Kier molecular flexibility index (Phi) is 4.15. The molecule has 0 bridgehead atoms. The standard InChI is InChI=1S/C8H6BrClF3N3/c1-4(9)3-14-6-2-5(10)15-7(16-6)8(11,12)13/h2H,1,3H2,(H,14,15,16). The molecule has 1 aromatic rings. The molecule has 8 heteroatoms. The molecule has 0 spiro atoms. The second-order valence-electron chi connectivity index (χ2n) is 2.77. The molecule has 1 N–H and O–H groups in total. The summed E-state index contributed by atoms with van der Waals surface area (Å²) in [5, 5.41) is 2.34. The molecule has 0 amide bonds. The Bertz CT molecular complexity index is 408. The fourth-order valence-electron chi connectivity index (χ4n) is 0.821. The quantitative estimate of drug-likeness (QED) is 0.868. The number of halogens is 5. The van der Waals surface area contributed by atoms with Gasteiger partial charge in [-0.2, -0.15) is 13.2 Å². The molecule has 88 valence electrons. The third-order valence-electron chi connectivity index (χ3n) is 1.41. The molecule has 0 unspecified atom stereocenters. The Morgan fingerprint density at radius 2 is 2.12 bits per heavy atom. The predicted octanol–water partition coefficient (Wildman–Crippen LogP) is 3.47. The van der Waals surface area contributed by atoms with Crippen LogP contribution in [0.1, 0.15) is 5.82 Å². The van der Waals surface area contributed by atoms with Gasteiger partial charge in [-0.05, 0) is 0 Å². The lowest BCUT2D eigenvalue weighted by atomic mass is 10.5. The van der Waals surface area contributed by atoms with Crippen molar-refractivity contribution in [2.45, 2.75) is 6.18 Å². The zero-order valence-electron chi connectivity index (χ0n) is 7.78. The van der Waals surface area contributed by atoms with Crippen LogP contribution in [0.3, 0.4) is 0 Å². The first-order valence-electron chi connectivity index (χ1n) is 3.98. The van der Waals surface area contributed by atoms with Crippen LogP contribution >= 0.6 is 27.5 Å². The maximum atomic E-state index is 12.3. The van der Waals surface area contributed by atoms with Gasteiger partial charge >= 0.3 is 6.18 Å². The van der Waals surface area contributed by atoms with Crippen LogP contribution in [0.4, 0.5) is 19.0 Å². The van der Waals surface area contributed by atoms with Gasteiger partial charge in [0.1, 0.15) is 11.0 Å². The van der Waals surface area contributed by atoms with Crippen LogP contribution in [0.15, 0.2) is 17.1 Å². The third-order valence-corrected chi connectivity index (χ3v) is 1.88. The summed E-state index contributed by atoms with van der Waals surface area (Å²) in [4.78, 5) is 6.37. The van der Waals surface area contributed by atoms with E-state index in [9.17, 15) is 13.2 Å². The van der Waals surface area contributed by atoms with Gasteiger partial charge in [-0.15, -0.1) is 0 Å². The first-order valence-corrected chi connectivity index (χ1v) is 5.15. The minimum atomic E-state index is -4.62. The van der Waals surface area contributed by atoms with Crippen LogP contribution in [0.5, 0.6) is 0 Å². The minimum absolute atomic E-state index is 0.00655. The highest BCUT2D eigenvalue weighted by molar-refractivity contribution is 9.11. The van der Waals surface area contributed by atoms with Crippen molar-refractivity contribution in [3.05, 3.63) is 28.1 Å². The average Bonchev–Trinajstić information content (AvgIpc) is 2.12. The zero-order chi connectivity index (χ0) is 12.3. The normalized spacial score (nSPS) is 11.3. The van der Waals surface area contributed by atoms with E-state index in [0.29, 0.717) is 4.48 Å². The molecule has 16 heavy (non-hydrogen) atoms. The van der Waals surface area contributed by atoms with Crippen LogP contribution in [-0.4, -0.2) is 16.5 Å². The second kappa shape index (κ2) is 5.01. The van der Waals surface area contributed by atoms with Gasteiger partial charge < -0.3 is 5.32 Å². The number of rotatable bonds is 3. The van der Waals surface area contributed by atoms with Crippen LogP contribution < -0.4 is 5.32 Å². The Morgan fingerprint density at radius 1 is 1.50 bits per heavy atom. The van der Waals surface area contributed by atoms with Gasteiger partial charge in [0.25, 0.3) is 0 Å². The largest absolute Gasteiger partial charge is 0.451 e. The highest BCUT2D eigenvalue weighted by atomic mass is 79.9. The maximum absolute atomic E-state index is 12.3. The highest BCUT2D eigenvalue weighted by Crippen LogP contribution is 2.28. The molecule has 0 radical (unpaired) electrons. The SMILES string of the molecule is C=C(Br)CNc1cc(Cl)nc(C(F)(F)F)n1. The summed E-state index contributed by atoms with van der Waals surface area (Å²) in [6.07, 6.45) is -4.62. The molecule has 0 fully saturated rings. The molecule has 0 aliphatic rings. The van der Waals surface area contributed by atoms with Crippen LogP contribution in [0.25, 0.3) is 0 Å². The Labute approximate surface area is 103 Å². The van der Waals surface area contributed by atoms with Crippen molar-refractivity contribution in [3.63, 3.8) is 0 Å². The number of nitrogens with one attached hydrogen (secondary N) is 1. The number of nitrogens with zero attached hydrogens (tertiary/aromatic N) is 2. The molecule has 0 aromatic carbocycles. The van der Waals surface area contributed by atoms with E-state index >= 15 is 0 Å². The Morgan fingerprint density at radius 3 is 2.62 bits per heavy atom. The minimum Gasteiger partial charge on any atom is -0.365 e. The summed E-state index contributed by atoms with van der Waals surface area (Å²) < 4.78 is 37.5. The Hall–Kier alpha value is -0.820. The molecule has 0 aliphatic heterocycles. The lowest BCUT2D eigenvalue weighted by Gasteiger charge is -2.08. The first kappa shape index (κ1) is 13.2. The zero-order valence-corrected chi connectivity index (χ0v) is 10.1. The van der Waals surface area contributed by atoms with E-state index in [2.05, 4.69) is 37.8 Å². The van der Waals surface area contributed by atoms with Crippen LogP contribution in [-0.2, 0) is 6.18 Å². The van der Waals surface area contributed by atoms with Crippen LogP contribution in [0.2, 0.25) is 5.15 Å². The molecule has 1 heterocycles. The second-order valence-corrected chi connectivity index (χ2v) is 4.28. The molecular weight excluding hydrogens is 310 g/mol. The van der Waals surface area contributed by atoms with Crippen molar-refractivity contribution in [1.29, 1.82) is 0 Å². The van der Waals surface area contributed by atoms with Gasteiger partial charge in [-0.3, -0.25) is 0 Å². The van der Waals surface area contributed by atoms with Crippen molar-refractivity contribution in [1.82, 2.24) is 9.97 Å². The van der Waals surface area contributed by atoms with Crippen molar-refractivity contribution in [3.8, 4) is 0 Å². The number of anilines is 1. The van der Waals surface area contributed by atoms with Crippen molar-refractivity contribution < 1.29 is 13.2 Å². The monoisotopic (exact) mass is 315 g/mol. The highest BCUT2D eigenvalue weighted by Gasteiger charge is 2.35. The van der Waals surface area contributed by atoms with E-state index in [1.807, 2.05) is 0 Å². The smallest absolute Gasteiger partial charge is 0.365 e. The molecule has 0 saturated carbocycles. The summed E-state index contributed by atoms with van der Waals surface area (Å²) in [6, 6.07) is 1.20. The van der Waals surface area contributed by atoms with Gasteiger partial charge in [-0.1, -0.05) is 34.1 Å². The average molecular weight is 317 g/mol. The van der Waals surface area contributed by atoms with Gasteiger partial charge in [0, 0.05) is 17.1 Å². The number of alkyl halides is 3. The van der Waals surface area contributed by atoms with E-state index in [0.717, 1.165) is 0 Å². The number of aromatic nitrogens is 2. The van der Waals surface area contributed by atoms with E-state index in [4.69, 9.17) is 11.6 Å². The summed E-state index contributed by atoms with van der Waals surface area (Å²) in [5.74, 6) is -1.28. The maximum Gasteiger partial charge on any atom is 0.451 e. The molecule has 3 nitrogen and oxygen atoms in total. The van der Waals surface area contributed by atoms with E-state index in [-0.39, 0.29) is 17.5 Å². The summed E-state index contributed by atoms with van der Waals surface area (Å²) in [6.45, 7) is 3.76. The summed E-state index contributed by atoms with van der Waals surface area (Å²) in [7, 11) is 0. The van der Waals surface area contributed by atoms with E-state index < -0.39 is 12.0 Å². The number of hydrogen-bond acceptors (Lipinski definition) is 3. The van der Waals surface area contributed by atoms with E-state index in [1.54, 1.807) is 0 Å². The van der Waals surface area contributed by atoms with Gasteiger partial charge in [-0.25, -0.2) is 9.97 Å². The summed E-state index contributed by atoms with van der Waals surface area (Å²) in [5.41, 5.74) is 0. The van der Waals surface area contributed by atoms with Crippen molar-refractivity contribution in [2.75, 3.05) is 11.9 Å².